The molecule has 0 amide bonds. The average Bonchev–Trinajstić information content (AvgIpc) is 3.10. The van der Waals surface area contributed by atoms with Crippen LogP contribution in [0, 0.1) is 0 Å². The molecule has 0 spiro atoms. The second-order valence-electron chi connectivity index (χ2n) is 4.72. The molecule has 0 aliphatic rings. The number of nitrogens with zero attached hydrogens (tertiary/aromatic N) is 4. The molecule has 0 aliphatic heterocycles. The molecule has 5 nitrogen and oxygen atoms in total. The van der Waals surface area contributed by atoms with Crippen molar-refractivity contribution < 1.29 is 0 Å². The van der Waals surface area contributed by atoms with Gasteiger partial charge in [-0.3, -0.25) is 5.10 Å². The lowest BCUT2D eigenvalue weighted by molar-refractivity contribution is 0.943. The highest BCUT2D eigenvalue weighted by atomic mass is 15.2. The second kappa shape index (κ2) is 4.16. The first-order valence-corrected chi connectivity index (χ1v) is 6.63. The zero-order chi connectivity index (χ0) is 13.5. The molecule has 20 heavy (non-hydrogen) atoms. The Labute approximate surface area is 115 Å². The highest BCUT2D eigenvalue weighted by molar-refractivity contribution is 5.86. The monoisotopic (exact) mass is 263 g/mol. The normalized spacial score (nSPS) is 11.4. The van der Waals surface area contributed by atoms with Crippen molar-refractivity contribution in [2.75, 3.05) is 0 Å². The zero-order valence-corrected chi connectivity index (χ0v) is 11.0. The van der Waals surface area contributed by atoms with Crippen LogP contribution >= 0.6 is 0 Å². The van der Waals surface area contributed by atoms with Crippen LogP contribution in [0.1, 0.15) is 12.6 Å². The summed E-state index contributed by atoms with van der Waals surface area (Å²) in [7, 11) is 0. The Balaban J connectivity index is 1.97. The van der Waals surface area contributed by atoms with Crippen LogP contribution in [0.3, 0.4) is 0 Å². The standard InChI is InChI=1S/C15H13N5/c1-2-12-11-8-10(5-6-13(11)19-18-12)14-9-16-15-4-3-7-17-20(14)15/h3-9H,2H2,1H3,(H,18,19). The summed E-state index contributed by atoms with van der Waals surface area (Å²) in [6, 6.07) is 10.1. The third-order valence-corrected chi connectivity index (χ3v) is 3.56. The topological polar surface area (TPSA) is 58.9 Å². The van der Waals surface area contributed by atoms with E-state index in [4.69, 9.17) is 0 Å². The van der Waals surface area contributed by atoms with Gasteiger partial charge in [0, 0.05) is 22.8 Å². The number of rotatable bonds is 2. The molecule has 4 rings (SSSR count). The van der Waals surface area contributed by atoms with Crippen LogP contribution in [0.4, 0.5) is 0 Å². The van der Waals surface area contributed by atoms with Crippen molar-refractivity contribution in [3.8, 4) is 11.3 Å². The van der Waals surface area contributed by atoms with Crippen LogP contribution in [0.25, 0.3) is 27.8 Å². The minimum atomic E-state index is 0.852. The molecule has 0 atom stereocenters. The van der Waals surface area contributed by atoms with Crippen LogP contribution in [0.5, 0.6) is 0 Å². The first kappa shape index (κ1) is 11.2. The van der Waals surface area contributed by atoms with E-state index in [1.807, 2.05) is 28.9 Å². The predicted molar refractivity (Wildman–Crippen MR) is 77.5 cm³/mol. The van der Waals surface area contributed by atoms with Crippen LogP contribution < -0.4 is 0 Å². The average molecular weight is 263 g/mol. The Kier molecular flexibility index (Phi) is 2.32. The van der Waals surface area contributed by atoms with E-state index in [0.717, 1.165) is 39.9 Å². The number of nitrogens with one attached hydrogen (secondary N) is 1. The summed E-state index contributed by atoms with van der Waals surface area (Å²) in [5.74, 6) is 0. The van der Waals surface area contributed by atoms with Crippen LogP contribution in [-0.4, -0.2) is 24.8 Å². The number of aromatic nitrogens is 5. The van der Waals surface area contributed by atoms with Crippen molar-refractivity contribution in [3.63, 3.8) is 0 Å². The van der Waals surface area contributed by atoms with E-state index in [9.17, 15) is 0 Å². The van der Waals surface area contributed by atoms with Crippen LogP contribution in [0.15, 0.2) is 42.7 Å². The SMILES string of the molecule is CCc1[nH]nc2ccc(-c3cnc4cccnn34)cc12. The van der Waals surface area contributed by atoms with Gasteiger partial charge in [0.1, 0.15) is 0 Å². The summed E-state index contributed by atoms with van der Waals surface area (Å²) in [5.41, 5.74) is 5.09. The number of benzene rings is 1. The van der Waals surface area contributed by atoms with Gasteiger partial charge in [-0.1, -0.05) is 13.0 Å². The zero-order valence-electron chi connectivity index (χ0n) is 11.0. The van der Waals surface area contributed by atoms with Gasteiger partial charge in [-0.2, -0.15) is 10.2 Å². The summed E-state index contributed by atoms with van der Waals surface area (Å²) >= 11 is 0. The third kappa shape index (κ3) is 1.53. The largest absolute Gasteiger partial charge is 0.281 e. The van der Waals surface area contributed by atoms with Crippen molar-refractivity contribution in [2.24, 2.45) is 0 Å². The van der Waals surface area contributed by atoms with E-state index < -0.39 is 0 Å². The van der Waals surface area contributed by atoms with Gasteiger partial charge in [-0.25, -0.2) is 9.50 Å². The maximum Gasteiger partial charge on any atom is 0.154 e. The molecule has 0 bridgehead atoms. The number of aromatic amines is 1. The second-order valence-corrected chi connectivity index (χ2v) is 4.72. The van der Waals surface area contributed by atoms with Crippen LogP contribution in [-0.2, 0) is 6.42 Å². The lowest BCUT2D eigenvalue weighted by Gasteiger charge is -2.01. The highest BCUT2D eigenvalue weighted by Crippen LogP contribution is 2.25. The summed E-state index contributed by atoms with van der Waals surface area (Å²) < 4.78 is 1.85. The fourth-order valence-electron chi connectivity index (χ4n) is 2.52. The summed E-state index contributed by atoms with van der Waals surface area (Å²) in [6.07, 6.45) is 4.56. The Morgan fingerprint density at radius 1 is 1.25 bits per heavy atom. The van der Waals surface area contributed by atoms with Gasteiger partial charge >= 0.3 is 0 Å². The van der Waals surface area contributed by atoms with Gasteiger partial charge < -0.3 is 0 Å². The van der Waals surface area contributed by atoms with E-state index in [-0.39, 0.29) is 0 Å². The molecule has 5 heteroatoms. The predicted octanol–water partition coefficient (Wildman–Crippen LogP) is 2.84. The number of imidazole rings is 1. The highest BCUT2D eigenvalue weighted by Gasteiger charge is 2.09. The molecule has 0 saturated heterocycles. The van der Waals surface area contributed by atoms with Crippen molar-refractivity contribution in [1.29, 1.82) is 0 Å². The molecule has 0 saturated carbocycles. The lowest BCUT2D eigenvalue weighted by atomic mass is 10.1. The Morgan fingerprint density at radius 2 is 2.20 bits per heavy atom. The fraction of sp³-hybridized carbons (Fsp3) is 0.133. The molecule has 3 aromatic heterocycles. The molecular formula is C15H13N5. The Bertz CT molecular complexity index is 903. The van der Waals surface area contributed by atoms with Gasteiger partial charge in [-0.05, 0) is 30.7 Å². The molecular weight excluding hydrogens is 250 g/mol. The van der Waals surface area contributed by atoms with Gasteiger partial charge in [0.15, 0.2) is 5.65 Å². The fourth-order valence-corrected chi connectivity index (χ4v) is 2.52. The smallest absolute Gasteiger partial charge is 0.154 e. The van der Waals surface area contributed by atoms with Gasteiger partial charge in [-0.15, -0.1) is 0 Å². The Hall–Kier alpha value is -2.69. The number of aryl methyl sites for hydroxylation is 1. The number of hydrogen-bond acceptors (Lipinski definition) is 3. The molecule has 1 aromatic carbocycles. The minimum Gasteiger partial charge on any atom is -0.281 e. The van der Waals surface area contributed by atoms with E-state index in [0.29, 0.717) is 0 Å². The van der Waals surface area contributed by atoms with Gasteiger partial charge in [0.2, 0.25) is 0 Å². The van der Waals surface area contributed by atoms with Gasteiger partial charge in [0.25, 0.3) is 0 Å². The summed E-state index contributed by atoms with van der Waals surface area (Å²) in [4.78, 5) is 4.38. The molecule has 4 aromatic rings. The molecule has 0 fully saturated rings. The molecule has 1 N–H and O–H groups in total. The van der Waals surface area contributed by atoms with E-state index >= 15 is 0 Å². The molecule has 0 aliphatic carbocycles. The van der Waals surface area contributed by atoms with Crippen LogP contribution in [0.2, 0.25) is 0 Å². The molecule has 0 unspecified atom stereocenters. The van der Waals surface area contributed by atoms with E-state index in [1.54, 1.807) is 6.20 Å². The Morgan fingerprint density at radius 3 is 3.10 bits per heavy atom. The molecule has 3 heterocycles. The summed E-state index contributed by atoms with van der Waals surface area (Å²) in [6.45, 7) is 2.12. The van der Waals surface area contributed by atoms with Crippen molar-refractivity contribution in [3.05, 3.63) is 48.4 Å². The number of hydrogen-bond donors (Lipinski definition) is 1. The number of H-pyrrole nitrogens is 1. The van der Waals surface area contributed by atoms with E-state index in [2.05, 4.69) is 39.3 Å². The maximum absolute atomic E-state index is 4.38. The third-order valence-electron chi connectivity index (χ3n) is 3.56. The molecule has 98 valence electrons. The minimum absolute atomic E-state index is 0.852. The van der Waals surface area contributed by atoms with Crippen molar-refractivity contribution in [1.82, 2.24) is 24.8 Å². The van der Waals surface area contributed by atoms with Gasteiger partial charge in [0.05, 0.1) is 17.4 Å². The lowest BCUT2D eigenvalue weighted by Crippen LogP contribution is -1.92. The van der Waals surface area contributed by atoms with Crippen molar-refractivity contribution >= 4 is 16.6 Å². The summed E-state index contributed by atoms with van der Waals surface area (Å²) in [5, 5.41) is 12.9. The van der Waals surface area contributed by atoms with E-state index in [1.165, 1.54) is 0 Å². The van der Waals surface area contributed by atoms with Crippen molar-refractivity contribution in [2.45, 2.75) is 13.3 Å². The number of fused-ring (bicyclic) bond motifs is 2. The first-order valence-electron chi connectivity index (χ1n) is 6.63. The quantitative estimate of drug-likeness (QED) is 0.605. The molecule has 0 radical (unpaired) electrons. The maximum atomic E-state index is 4.38. The first-order chi connectivity index (χ1) is 9.86.